The van der Waals surface area contributed by atoms with Gasteiger partial charge in [-0.25, -0.2) is 13.1 Å². The van der Waals surface area contributed by atoms with E-state index in [1.807, 2.05) is 16.8 Å². The monoisotopic (exact) mass is 495 g/mol. The van der Waals surface area contributed by atoms with E-state index >= 15 is 0 Å². The van der Waals surface area contributed by atoms with Crippen molar-refractivity contribution >= 4 is 27.1 Å². The summed E-state index contributed by atoms with van der Waals surface area (Å²) in [6, 6.07) is 11.1. The summed E-state index contributed by atoms with van der Waals surface area (Å²) in [5.41, 5.74) is 0.808. The number of alkyl halides is 3. The molecule has 0 aliphatic carbocycles. The number of nitrogens with one attached hydrogen (secondary N) is 1. The third-order valence-electron chi connectivity index (χ3n) is 4.70. The molecule has 0 amide bonds. The Morgan fingerprint density at radius 2 is 1.73 bits per heavy atom. The highest BCUT2D eigenvalue weighted by Gasteiger charge is 2.30. The van der Waals surface area contributed by atoms with Crippen LogP contribution in [0.3, 0.4) is 0 Å². The van der Waals surface area contributed by atoms with E-state index in [9.17, 15) is 26.4 Å². The first kappa shape index (κ1) is 25.1. The van der Waals surface area contributed by atoms with Crippen molar-refractivity contribution in [2.24, 2.45) is 0 Å². The van der Waals surface area contributed by atoms with E-state index < -0.39 is 27.3 Å². The number of hydrogen-bond donors (Lipinski definition) is 1. The zero-order valence-electron chi connectivity index (χ0n) is 18.4. The molecule has 0 saturated carbocycles. The molecule has 0 aliphatic heterocycles. The Morgan fingerprint density at radius 3 is 2.33 bits per heavy atom. The van der Waals surface area contributed by atoms with Gasteiger partial charge in [-0.2, -0.15) is 24.5 Å². The Hall–Kier alpha value is -2.49. The van der Waals surface area contributed by atoms with Crippen molar-refractivity contribution in [3.05, 3.63) is 76.0 Å². The van der Waals surface area contributed by atoms with E-state index in [1.54, 1.807) is 26.8 Å². The van der Waals surface area contributed by atoms with Crippen LogP contribution in [0, 0.1) is 0 Å². The molecule has 0 fully saturated rings. The van der Waals surface area contributed by atoms with Gasteiger partial charge in [0, 0.05) is 18.4 Å². The first-order chi connectivity index (χ1) is 15.2. The first-order valence-electron chi connectivity index (χ1n) is 10.1. The van der Waals surface area contributed by atoms with Crippen LogP contribution in [0.5, 0.6) is 0 Å². The van der Waals surface area contributed by atoms with Gasteiger partial charge in [0.2, 0.25) is 10.0 Å². The SMILES string of the molecule is CC(C)(C)NS(=O)(=O)c1ccc(-c2ccsc2)c(CC(=O)Cc2cccc(C(F)(F)F)c2)c1. The molecule has 3 rings (SSSR count). The molecule has 0 radical (unpaired) electrons. The summed E-state index contributed by atoms with van der Waals surface area (Å²) in [4.78, 5) is 12.8. The van der Waals surface area contributed by atoms with Crippen LogP contribution in [0.15, 0.2) is 64.2 Å². The molecule has 0 bridgehead atoms. The molecule has 1 aromatic heterocycles. The fourth-order valence-electron chi connectivity index (χ4n) is 3.41. The van der Waals surface area contributed by atoms with Crippen LogP contribution in [-0.4, -0.2) is 19.7 Å². The molecule has 9 heteroatoms. The Balaban J connectivity index is 1.92. The number of hydrogen-bond acceptors (Lipinski definition) is 4. The van der Waals surface area contributed by atoms with Gasteiger partial charge in [-0.1, -0.05) is 24.3 Å². The lowest BCUT2D eigenvalue weighted by atomic mass is 9.95. The van der Waals surface area contributed by atoms with Gasteiger partial charge in [0.15, 0.2) is 0 Å². The maximum Gasteiger partial charge on any atom is 0.416 e. The average Bonchev–Trinajstić information content (AvgIpc) is 3.20. The summed E-state index contributed by atoms with van der Waals surface area (Å²) in [5.74, 6) is -0.316. The zero-order valence-corrected chi connectivity index (χ0v) is 20.0. The van der Waals surface area contributed by atoms with Crippen molar-refractivity contribution in [3.8, 4) is 11.1 Å². The van der Waals surface area contributed by atoms with Crippen LogP contribution < -0.4 is 4.72 Å². The number of carbonyl (C=O) groups is 1. The van der Waals surface area contributed by atoms with Gasteiger partial charge in [-0.15, -0.1) is 0 Å². The van der Waals surface area contributed by atoms with E-state index in [-0.39, 0.29) is 29.1 Å². The van der Waals surface area contributed by atoms with Crippen molar-refractivity contribution in [3.63, 3.8) is 0 Å². The molecule has 0 aliphatic rings. The minimum absolute atomic E-state index is 0.0262. The van der Waals surface area contributed by atoms with Crippen LogP contribution in [0.2, 0.25) is 0 Å². The summed E-state index contributed by atoms with van der Waals surface area (Å²) in [6.45, 7) is 5.18. The van der Waals surface area contributed by atoms with E-state index in [0.717, 1.165) is 17.7 Å². The van der Waals surface area contributed by atoms with Crippen molar-refractivity contribution < 1.29 is 26.4 Å². The highest BCUT2D eigenvalue weighted by molar-refractivity contribution is 7.89. The van der Waals surface area contributed by atoms with Gasteiger partial charge >= 0.3 is 6.18 Å². The summed E-state index contributed by atoms with van der Waals surface area (Å²) in [6.07, 6.45) is -4.79. The number of halogens is 3. The van der Waals surface area contributed by atoms with Crippen molar-refractivity contribution in [1.29, 1.82) is 0 Å². The standard InChI is InChI=1S/C24H24F3NO3S2/c1-23(2,3)28-33(30,31)21-7-8-22(17-9-10-32-15-17)18(14-21)13-20(29)12-16-5-4-6-19(11-16)24(25,26)27/h4-11,14-15,28H,12-13H2,1-3H3. The number of thiophene rings is 1. The van der Waals surface area contributed by atoms with E-state index in [4.69, 9.17) is 0 Å². The average molecular weight is 496 g/mol. The van der Waals surface area contributed by atoms with Gasteiger partial charge < -0.3 is 0 Å². The van der Waals surface area contributed by atoms with Gasteiger partial charge in [0.1, 0.15) is 5.78 Å². The number of carbonyl (C=O) groups excluding carboxylic acids is 1. The molecule has 0 atom stereocenters. The molecule has 1 N–H and O–H groups in total. The van der Waals surface area contributed by atoms with Crippen LogP contribution in [0.1, 0.15) is 37.5 Å². The van der Waals surface area contributed by atoms with Crippen molar-refractivity contribution in [2.45, 2.75) is 50.2 Å². The quantitative estimate of drug-likeness (QED) is 0.446. The van der Waals surface area contributed by atoms with Crippen LogP contribution in [-0.2, 0) is 33.8 Å². The smallest absolute Gasteiger partial charge is 0.299 e. The van der Waals surface area contributed by atoms with Crippen molar-refractivity contribution in [1.82, 2.24) is 4.72 Å². The summed E-state index contributed by atoms with van der Waals surface area (Å²) in [7, 11) is -3.83. The Kier molecular flexibility index (Phi) is 7.16. The number of rotatable bonds is 7. The second kappa shape index (κ2) is 9.40. The molecule has 4 nitrogen and oxygen atoms in total. The number of benzene rings is 2. The second-order valence-corrected chi connectivity index (χ2v) is 11.2. The first-order valence-corrected chi connectivity index (χ1v) is 12.5. The summed E-state index contributed by atoms with van der Waals surface area (Å²) in [5, 5.41) is 3.76. The molecule has 2 aromatic carbocycles. The fourth-order valence-corrected chi connectivity index (χ4v) is 5.53. The Labute approximate surface area is 195 Å². The van der Waals surface area contributed by atoms with Gasteiger partial charge in [-0.3, -0.25) is 4.79 Å². The van der Waals surface area contributed by atoms with Crippen molar-refractivity contribution in [2.75, 3.05) is 0 Å². The lowest BCUT2D eigenvalue weighted by Gasteiger charge is -2.21. The Bertz CT molecular complexity index is 1240. The van der Waals surface area contributed by atoms with E-state index in [1.165, 1.54) is 35.6 Å². The van der Waals surface area contributed by atoms with Gasteiger partial charge in [0.05, 0.1) is 10.5 Å². The summed E-state index contributed by atoms with van der Waals surface area (Å²) < 4.78 is 67.2. The minimum Gasteiger partial charge on any atom is -0.299 e. The largest absolute Gasteiger partial charge is 0.416 e. The van der Waals surface area contributed by atoms with Gasteiger partial charge in [-0.05, 0) is 78.1 Å². The number of Topliss-reactive ketones (excluding diaryl/α,β-unsaturated/α-hetero) is 1. The lowest BCUT2D eigenvalue weighted by Crippen LogP contribution is -2.40. The molecule has 3 aromatic rings. The van der Waals surface area contributed by atoms with Crippen LogP contribution in [0.25, 0.3) is 11.1 Å². The van der Waals surface area contributed by atoms with Gasteiger partial charge in [0.25, 0.3) is 0 Å². The van der Waals surface area contributed by atoms with E-state index in [0.29, 0.717) is 11.1 Å². The molecule has 0 saturated heterocycles. The zero-order chi connectivity index (χ0) is 24.4. The molecule has 33 heavy (non-hydrogen) atoms. The summed E-state index contributed by atoms with van der Waals surface area (Å²) >= 11 is 1.46. The third kappa shape index (κ3) is 6.75. The molecule has 0 spiro atoms. The van der Waals surface area contributed by atoms with Crippen LogP contribution in [0.4, 0.5) is 13.2 Å². The highest BCUT2D eigenvalue weighted by Crippen LogP contribution is 2.31. The Morgan fingerprint density at radius 1 is 1.00 bits per heavy atom. The maximum atomic E-state index is 13.0. The molecular weight excluding hydrogens is 471 g/mol. The molecule has 1 heterocycles. The molecule has 0 unspecified atom stereocenters. The number of sulfonamides is 1. The maximum absolute atomic E-state index is 13.0. The lowest BCUT2D eigenvalue weighted by molar-refractivity contribution is -0.137. The molecular formula is C24H24F3NO3S2. The van der Waals surface area contributed by atoms with Crippen LogP contribution >= 0.6 is 11.3 Å². The van der Waals surface area contributed by atoms with E-state index in [2.05, 4.69) is 4.72 Å². The predicted molar refractivity (Wildman–Crippen MR) is 124 cm³/mol. The predicted octanol–water partition coefficient (Wildman–Crippen LogP) is 5.87. The topological polar surface area (TPSA) is 63.2 Å². The third-order valence-corrected chi connectivity index (χ3v) is 7.14. The molecule has 176 valence electrons. The normalized spacial score (nSPS) is 12.7. The number of ketones is 1. The minimum atomic E-state index is -4.49. The fraction of sp³-hybridized carbons (Fsp3) is 0.292. The highest BCUT2D eigenvalue weighted by atomic mass is 32.2. The second-order valence-electron chi connectivity index (χ2n) is 8.78.